The van der Waals surface area contributed by atoms with Gasteiger partial charge in [0.2, 0.25) is 0 Å². The molecule has 5 rings (SSSR count). The van der Waals surface area contributed by atoms with Crippen molar-refractivity contribution in [3.8, 4) is 22.3 Å². The van der Waals surface area contributed by atoms with Crippen LogP contribution >= 0.6 is 0 Å². The molecular formula is C30H22O. The Hall–Kier alpha value is -3.97. The molecule has 148 valence electrons. The fourth-order valence-corrected chi connectivity index (χ4v) is 4.23. The topological polar surface area (TPSA) is 17.1 Å². The lowest BCUT2D eigenvalue weighted by Gasteiger charge is -2.31. The second kappa shape index (κ2) is 8.04. The monoisotopic (exact) mass is 398 g/mol. The van der Waals surface area contributed by atoms with Crippen LogP contribution in [0, 0.1) is 0 Å². The van der Waals surface area contributed by atoms with Crippen molar-refractivity contribution in [2.45, 2.75) is 5.41 Å². The number of hydrogen-bond acceptors (Lipinski definition) is 1. The summed E-state index contributed by atoms with van der Waals surface area (Å²) in [4.78, 5) is 11.9. The second-order valence-corrected chi connectivity index (χ2v) is 7.82. The Labute approximate surface area is 183 Å². The van der Waals surface area contributed by atoms with E-state index in [0.29, 0.717) is 0 Å². The SMILES string of the molecule is O=C1C=CC(c2ccc(-c3ccccc3)cc2)(c2ccc(-c3ccccc3)cc2)C=C1. The zero-order chi connectivity index (χ0) is 21.1. The first kappa shape index (κ1) is 19.0. The fourth-order valence-electron chi connectivity index (χ4n) is 4.23. The third-order valence-corrected chi connectivity index (χ3v) is 5.96. The van der Waals surface area contributed by atoms with E-state index in [1.165, 1.54) is 22.3 Å². The number of hydrogen-bond donors (Lipinski definition) is 0. The molecule has 0 amide bonds. The highest BCUT2D eigenvalue weighted by atomic mass is 16.1. The zero-order valence-corrected chi connectivity index (χ0v) is 17.1. The molecule has 0 heterocycles. The molecule has 31 heavy (non-hydrogen) atoms. The first-order valence-electron chi connectivity index (χ1n) is 10.5. The number of ketones is 1. The summed E-state index contributed by atoms with van der Waals surface area (Å²) < 4.78 is 0. The lowest BCUT2D eigenvalue weighted by atomic mass is 9.71. The number of carbonyl (C=O) groups excluding carboxylic acids is 1. The molecule has 0 saturated heterocycles. The van der Waals surface area contributed by atoms with E-state index in [4.69, 9.17) is 0 Å². The molecule has 0 fully saturated rings. The lowest BCUT2D eigenvalue weighted by Crippen LogP contribution is -2.25. The van der Waals surface area contributed by atoms with Crippen molar-refractivity contribution in [2.24, 2.45) is 0 Å². The minimum absolute atomic E-state index is 0.0254. The molecule has 0 N–H and O–H groups in total. The Morgan fingerprint density at radius 1 is 0.419 bits per heavy atom. The smallest absolute Gasteiger partial charge is 0.178 e. The zero-order valence-electron chi connectivity index (χ0n) is 17.1. The molecule has 1 heteroatoms. The number of rotatable bonds is 4. The Morgan fingerprint density at radius 3 is 1.16 bits per heavy atom. The van der Waals surface area contributed by atoms with Crippen LogP contribution < -0.4 is 0 Å². The van der Waals surface area contributed by atoms with Crippen LogP contribution in [-0.2, 0) is 10.2 Å². The molecule has 0 saturated carbocycles. The third-order valence-electron chi connectivity index (χ3n) is 5.96. The van der Waals surface area contributed by atoms with Crippen molar-refractivity contribution in [3.63, 3.8) is 0 Å². The van der Waals surface area contributed by atoms with Gasteiger partial charge in [-0.3, -0.25) is 4.79 Å². The van der Waals surface area contributed by atoms with Crippen molar-refractivity contribution in [1.29, 1.82) is 0 Å². The summed E-state index contributed by atoms with van der Waals surface area (Å²) in [7, 11) is 0. The summed E-state index contributed by atoms with van der Waals surface area (Å²) in [5.74, 6) is 0.0254. The molecule has 0 spiro atoms. The molecule has 0 atom stereocenters. The number of allylic oxidation sites excluding steroid dienone is 4. The maximum absolute atomic E-state index is 11.9. The van der Waals surface area contributed by atoms with Crippen LogP contribution in [0.3, 0.4) is 0 Å². The van der Waals surface area contributed by atoms with Crippen LogP contribution in [0.2, 0.25) is 0 Å². The largest absolute Gasteiger partial charge is 0.290 e. The van der Waals surface area contributed by atoms with E-state index < -0.39 is 5.41 Å². The number of benzene rings is 4. The first-order valence-corrected chi connectivity index (χ1v) is 10.5. The lowest BCUT2D eigenvalue weighted by molar-refractivity contribution is -0.110. The van der Waals surface area contributed by atoms with Crippen LogP contribution in [-0.4, -0.2) is 5.78 Å². The molecule has 0 aliphatic heterocycles. The average molecular weight is 399 g/mol. The average Bonchev–Trinajstić information content (AvgIpc) is 2.86. The van der Waals surface area contributed by atoms with Gasteiger partial charge in [0, 0.05) is 0 Å². The molecule has 1 aliphatic rings. The standard InChI is InChI=1S/C30H22O/c31-29-19-21-30(22-20-29,27-15-11-25(12-16-27)23-7-3-1-4-8-23)28-17-13-26(14-18-28)24-9-5-2-6-10-24/h1-22H. The fraction of sp³-hybridized carbons (Fsp3) is 0.0333. The van der Waals surface area contributed by atoms with Gasteiger partial charge in [0.25, 0.3) is 0 Å². The molecular weight excluding hydrogens is 376 g/mol. The van der Waals surface area contributed by atoms with E-state index in [1.807, 2.05) is 24.3 Å². The minimum atomic E-state index is -0.460. The molecule has 0 radical (unpaired) electrons. The quantitative estimate of drug-likeness (QED) is 0.362. The highest BCUT2D eigenvalue weighted by molar-refractivity contribution is 6.01. The molecule has 4 aromatic carbocycles. The normalized spacial score (nSPS) is 14.5. The van der Waals surface area contributed by atoms with Gasteiger partial charge in [-0.25, -0.2) is 0 Å². The van der Waals surface area contributed by atoms with Gasteiger partial charge in [-0.1, -0.05) is 121 Å². The summed E-state index contributed by atoms with van der Waals surface area (Å²) in [6.07, 6.45) is 7.39. The van der Waals surface area contributed by atoms with Gasteiger partial charge < -0.3 is 0 Å². The second-order valence-electron chi connectivity index (χ2n) is 7.82. The van der Waals surface area contributed by atoms with Gasteiger partial charge in [0.1, 0.15) is 0 Å². The van der Waals surface area contributed by atoms with Crippen LogP contribution in [0.5, 0.6) is 0 Å². The molecule has 1 nitrogen and oxygen atoms in total. The molecule has 1 aliphatic carbocycles. The molecule has 0 unspecified atom stereocenters. The van der Waals surface area contributed by atoms with E-state index in [2.05, 4.69) is 97.1 Å². The third kappa shape index (κ3) is 3.67. The highest BCUT2D eigenvalue weighted by Gasteiger charge is 2.31. The predicted molar refractivity (Wildman–Crippen MR) is 128 cm³/mol. The van der Waals surface area contributed by atoms with Crippen molar-refractivity contribution < 1.29 is 4.79 Å². The van der Waals surface area contributed by atoms with Crippen molar-refractivity contribution in [2.75, 3.05) is 0 Å². The van der Waals surface area contributed by atoms with E-state index in [9.17, 15) is 4.79 Å². The Morgan fingerprint density at radius 2 is 0.774 bits per heavy atom. The van der Waals surface area contributed by atoms with Gasteiger partial charge in [-0.15, -0.1) is 0 Å². The highest BCUT2D eigenvalue weighted by Crippen LogP contribution is 2.39. The van der Waals surface area contributed by atoms with Crippen molar-refractivity contribution in [3.05, 3.63) is 145 Å². The summed E-state index contributed by atoms with van der Waals surface area (Å²) in [5, 5.41) is 0. The Kier molecular flexibility index (Phi) is 4.93. The van der Waals surface area contributed by atoms with Gasteiger partial charge in [-0.05, 0) is 45.5 Å². The summed E-state index contributed by atoms with van der Waals surface area (Å²) >= 11 is 0. The van der Waals surface area contributed by atoms with E-state index in [0.717, 1.165) is 11.1 Å². The van der Waals surface area contributed by atoms with Crippen molar-refractivity contribution >= 4 is 5.78 Å². The molecule has 4 aromatic rings. The maximum Gasteiger partial charge on any atom is 0.178 e. The molecule has 0 bridgehead atoms. The maximum atomic E-state index is 11.9. The summed E-state index contributed by atoms with van der Waals surface area (Å²) in [5.41, 5.74) is 6.57. The van der Waals surface area contributed by atoms with Crippen LogP contribution in [0.1, 0.15) is 11.1 Å². The Bertz CT molecular complexity index is 1140. The van der Waals surface area contributed by atoms with Crippen molar-refractivity contribution in [1.82, 2.24) is 0 Å². The van der Waals surface area contributed by atoms with Gasteiger partial charge in [-0.2, -0.15) is 0 Å². The van der Waals surface area contributed by atoms with E-state index in [1.54, 1.807) is 12.2 Å². The van der Waals surface area contributed by atoms with Gasteiger partial charge >= 0.3 is 0 Å². The van der Waals surface area contributed by atoms with Gasteiger partial charge in [0.15, 0.2) is 5.78 Å². The van der Waals surface area contributed by atoms with Gasteiger partial charge in [0.05, 0.1) is 5.41 Å². The van der Waals surface area contributed by atoms with E-state index in [-0.39, 0.29) is 5.78 Å². The van der Waals surface area contributed by atoms with Crippen LogP contribution in [0.15, 0.2) is 133 Å². The van der Waals surface area contributed by atoms with E-state index >= 15 is 0 Å². The minimum Gasteiger partial charge on any atom is -0.290 e. The first-order chi connectivity index (χ1) is 15.2. The summed E-state index contributed by atoms with van der Waals surface area (Å²) in [6, 6.07) is 38.0. The predicted octanol–water partition coefficient (Wildman–Crippen LogP) is 7.00. The van der Waals surface area contributed by atoms with Crippen LogP contribution in [0.4, 0.5) is 0 Å². The molecule has 0 aromatic heterocycles. The Balaban J connectivity index is 1.56. The number of carbonyl (C=O) groups is 1. The summed E-state index contributed by atoms with van der Waals surface area (Å²) in [6.45, 7) is 0. The van der Waals surface area contributed by atoms with Crippen LogP contribution in [0.25, 0.3) is 22.3 Å².